The third-order valence-corrected chi connectivity index (χ3v) is 6.63. The second-order valence-electron chi connectivity index (χ2n) is 8.39. The lowest BCUT2D eigenvalue weighted by Crippen LogP contribution is -2.55. The fourth-order valence-electron chi connectivity index (χ4n) is 5.19. The molecule has 2 atom stereocenters. The second kappa shape index (κ2) is 7.41. The Hall–Kier alpha value is -2.47. The van der Waals surface area contributed by atoms with Gasteiger partial charge in [-0.25, -0.2) is 9.07 Å². The number of nitrogens with zero attached hydrogens (tertiary/aromatic N) is 2. The molecule has 1 fully saturated rings. The zero-order chi connectivity index (χ0) is 20.6. The second-order valence-corrected chi connectivity index (χ2v) is 8.39. The first kappa shape index (κ1) is 19.8. The molecule has 4 rings (SSSR count). The summed E-state index contributed by atoms with van der Waals surface area (Å²) in [5.41, 5.74) is 3.19. The van der Waals surface area contributed by atoms with Crippen molar-refractivity contribution in [1.29, 1.82) is 0 Å². The van der Waals surface area contributed by atoms with E-state index < -0.39 is 5.60 Å². The van der Waals surface area contributed by atoms with E-state index in [0.717, 1.165) is 36.2 Å². The van der Waals surface area contributed by atoms with Crippen LogP contribution in [-0.2, 0) is 16.0 Å². The summed E-state index contributed by atoms with van der Waals surface area (Å²) in [5.74, 6) is -0.554. The maximum Gasteiger partial charge on any atom is 0.303 e. The number of benzene rings is 1. The SMILES string of the molecule is CC(=O)O[C@@]1(CCCO)CCCC2=Cc3c(cnn3-c3ccc(F)cc3)C[C@@]21C. The minimum absolute atomic E-state index is 0.0753. The first-order valence-electron chi connectivity index (χ1n) is 10.2. The molecule has 2 aromatic rings. The van der Waals surface area contributed by atoms with E-state index in [1.807, 2.05) is 10.9 Å². The van der Waals surface area contributed by atoms with Crippen LogP contribution < -0.4 is 0 Å². The van der Waals surface area contributed by atoms with Crippen LogP contribution in [0.1, 0.15) is 57.2 Å². The molecule has 0 spiro atoms. The summed E-state index contributed by atoms with van der Waals surface area (Å²) in [5, 5.41) is 14.0. The summed E-state index contributed by atoms with van der Waals surface area (Å²) < 4.78 is 21.2. The normalized spacial score (nSPS) is 25.7. The van der Waals surface area contributed by atoms with E-state index in [9.17, 15) is 14.3 Å². The molecule has 2 aliphatic carbocycles. The Kier molecular flexibility index (Phi) is 5.07. The molecular weight excluding hydrogens is 371 g/mol. The Bertz CT molecular complexity index is 950. The van der Waals surface area contributed by atoms with Gasteiger partial charge >= 0.3 is 5.97 Å². The molecule has 1 N–H and O–H groups in total. The van der Waals surface area contributed by atoms with Crippen molar-refractivity contribution in [3.8, 4) is 5.69 Å². The van der Waals surface area contributed by atoms with Gasteiger partial charge in [-0.1, -0.05) is 12.5 Å². The Morgan fingerprint density at radius 1 is 1.34 bits per heavy atom. The van der Waals surface area contributed by atoms with Gasteiger partial charge in [0.2, 0.25) is 0 Å². The smallest absolute Gasteiger partial charge is 0.303 e. The highest BCUT2D eigenvalue weighted by Crippen LogP contribution is 2.56. The van der Waals surface area contributed by atoms with Crippen LogP contribution in [0.25, 0.3) is 11.8 Å². The van der Waals surface area contributed by atoms with Gasteiger partial charge in [0.25, 0.3) is 0 Å². The van der Waals surface area contributed by atoms with E-state index in [-0.39, 0.29) is 23.8 Å². The Morgan fingerprint density at radius 2 is 2.10 bits per heavy atom. The average molecular weight is 398 g/mol. The largest absolute Gasteiger partial charge is 0.458 e. The lowest BCUT2D eigenvalue weighted by molar-refractivity contribution is -0.177. The number of aromatic nitrogens is 2. The third-order valence-electron chi connectivity index (χ3n) is 6.63. The van der Waals surface area contributed by atoms with Crippen molar-refractivity contribution in [2.75, 3.05) is 6.61 Å². The first-order valence-corrected chi connectivity index (χ1v) is 10.2. The molecule has 6 heteroatoms. The van der Waals surface area contributed by atoms with Crippen LogP contribution in [0.15, 0.2) is 36.0 Å². The van der Waals surface area contributed by atoms with E-state index in [2.05, 4.69) is 18.1 Å². The first-order chi connectivity index (χ1) is 13.9. The summed E-state index contributed by atoms with van der Waals surface area (Å²) in [6.07, 6.45) is 8.64. The van der Waals surface area contributed by atoms with Crippen LogP contribution in [0.2, 0.25) is 0 Å². The number of fused-ring (bicyclic) bond motifs is 2. The Balaban J connectivity index is 1.77. The molecule has 1 saturated carbocycles. The maximum absolute atomic E-state index is 13.3. The number of aliphatic hydroxyl groups excluding tert-OH is 1. The number of aliphatic hydroxyl groups is 1. The van der Waals surface area contributed by atoms with E-state index in [1.165, 1.54) is 24.6 Å². The zero-order valence-corrected chi connectivity index (χ0v) is 16.9. The molecule has 0 amide bonds. The highest BCUT2D eigenvalue weighted by molar-refractivity contribution is 5.68. The van der Waals surface area contributed by atoms with Crippen LogP contribution in [0.4, 0.5) is 4.39 Å². The zero-order valence-electron chi connectivity index (χ0n) is 16.9. The van der Waals surface area contributed by atoms with Gasteiger partial charge < -0.3 is 9.84 Å². The number of halogens is 1. The lowest BCUT2D eigenvalue weighted by atomic mass is 9.56. The monoisotopic (exact) mass is 398 g/mol. The summed E-state index contributed by atoms with van der Waals surface area (Å²) in [6, 6.07) is 6.32. The van der Waals surface area contributed by atoms with Crippen molar-refractivity contribution in [3.05, 3.63) is 53.1 Å². The quantitative estimate of drug-likeness (QED) is 0.766. The number of ether oxygens (including phenoxy) is 1. The van der Waals surface area contributed by atoms with Crippen LogP contribution in [0.5, 0.6) is 0 Å². The number of esters is 1. The van der Waals surface area contributed by atoms with Gasteiger partial charge in [0, 0.05) is 18.9 Å². The summed E-state index contributed by atoms with van der Waals surface area (Å²) in [6.45, 7) is 3.71. The third kappa shape index (κ3) is 3.29. The van der Waals surface area contributed by atoms with Gasteiger partial charge in [0.15, 0.2) is 0 Å². The van der Waals surface area contributed by atoms with Crippen LogP contribution >= 0.6 is 0 Å². The van der Waals surface area contributed by atoms with E-state index in [1.54, 1.807) is 12.1 Å². The Labute approximate surface area is 170 Å². The van der Waals surface area contributed by atoms with Gasteiger partial charge in [-0.15, -0.1) is 0 Å². The molecular formula is C23H27FN2O3. The standard InChI is InChI=1S/C23H27FN2O3/c1-16(28)29-23(11-4-12-27)10-3-5-18-13-21-17(14-22(18,23)2)15-25-26(21)20-8-6-19(24)7-9-20/h6-9,13,15,27H,3-5,10-12,14H2,1-2H3/t22-,23+/m0/s1. The molecule has 0 unspecified atom stereocenters. The van der Waals surface area contributed by atoms with Gasteiger partial charge in [-0.3, -0.25) is 4.79 Å². The van der Waals surface area contributed by atoms with E-state index >= 15 is 0 Å². The van der Waals surface area contributed by atoms with Gasteiger partial charge in [0.05, 0.1) is 17.6 Å². The minimum Gasteiger partial charge on any atom is -0.458 e. The number of hydrogen-bond acceptors (Lipinski definition) is 4. The molecule has 1 aromatic heterocycles. The van der Waals surface area contributed by atoms with Gasteiger partial charge in [-0.2, -0.15) is 5.10 Å². The molecule has 0 radical (unpaired) electrons. The minimum atomic E-state index is -0.624. The predicted octanol–water partition coefficient (Wildman–Crippen LogP) is 4.22. The number of carbonyl (C=O) groups is 1. The number of carbonyl (C=O) groups excluding carboxylic acids is 1. The molecule has 1 aromatic carbocycles. The van der Waals surface area contributed by atoms with Gasteiger partial charge in [-0.05, 0) is 74.4 Å². The van der Waals surface area contributed by atoms with Crippen molar-refractivity contribution >= 4 is 12.0 Å². The van der Waals surface area contributed by atoms with Crippen LogP contribution in [-0.4, -0.2) is 33.1 Å². The molecule has 29 heavy (non-hydrogen) atoms. The molecule has 5 nitrogen and oxygen atoms in total. The fourth-order valence-corrected chi connectivity index (χ4v) is 5.19. The van der Waals surface area contributed by atoms with Crippen molar-refractivity contribution < 1.29 is 19.0 Å². The summed E-state index contributed by atoms with van der Waals surface area (Å²) in [4.78, 5) is 12.0. The molecule has 154 valence electrons. The van der Waals surface area contributed by atoms with Crippen molar-refractivity contribution in [3.63, 3.8) is 0 Å². The topological polar surface area (TPSA) is 64.3 Å². The van der Waals surface area contributed by atoms with Crippen molar-refractivity contribution in [1.82, 2.24) is 9.78 Å². The summed E-state index contributed by atoms with van der Waals surface area (Å²) in [7, 11) is 0. The van der Waals surface area contributed by atoms with Crippen molar-refractivity contribution in [2.45, 2.75) is 58.0 Å². The Morgan fingerprint density at radius 3 is 2.79 bits per heavy atom. The maximum atomic E-state index is 13.3. The fraction of sp³-hybridized carbons (Fsp3) is 0.478. The van der Waals surface area contributed by atoms with Crippen LogP contribution in [0, 0.1) is 11.2 Å². The lowest BCUT2D eigenvalue weighted by Gasteiger charge is -2.53. The molecule has 1 heterocycles. The molecule has 0 saturated heterocycles. The number of rotatable bonds is 5. The molecule has 0 aliphatic heterocycles. The summed E-state index contributed by atoms with van der Waals surface area (Å²) >= 11 is 0. The highest BCUT2D eigenvalue weighted by Gasteiger charge is 2.55. The molecule has 0 bridgehead atoms. The molecule has 2 aliphatic rings. The van der Waals surface area contributed by atoms with E-state index in [0.29, 0.717) is 19.3 Å². The predicted molar refractivity (Wildman–Crippen MR) is 108 cm³/mol. The highest BCUT2D eigenvalue weighted by atomic mass is 19.1. The average Bonchev–Trinajstić information content (AvgIpc) is 3.08. The number of hydrogen-bond donors (Lipinski definition) is 1. The van der Waals surface area contributed by atoms with Gasteiger partial charge in [0.1, 0.15) is 11.4 Å². The van der Waals surface area contributed by atoms with Crippen LogP contribution in [0.3, 0.4) is 0 Å². The van der Waals surface area contributed by atoms with Crippen molar-refractivity contribution in [2.24, 2.45) is 5.41 Å². The van der Waals surface area contributed by atoms with E-state index in [4.69, 9.17) is 4.74 Å².